The van der Waals surface area contributed by atoms with E-state index < -0.39 is 0 Å². The topological polar surface area (TPSA) is 46.2 Å². The number of nitrogens with one attached hydrogen (secondary N) is 1. The van der Waals surface area contributed by atoms with E-state index in [0.717, 1.165) is 5.56 Å². The Morgan fingerprint density at radius 3 is 2.62 bits per heavy atom. The molecule has 16 heavy (non-hydrogen) atoms. The summed E-state index contributed by atoms with van der Waals surface area (Å²) in [6, 6.07) is 6.18. The molecule has 0 radical (unpaired) electrons. The predicted molar refractivity (Wildman–Crippen MR) is 60.9 cm³/mol. The number of hydrogen-bond acceptors (Lipinski definition) is 2. The Hall–Kier alpha value is -1.64. The lowest BCUT2D eigenvalue weighted by atomic mass is 9.94. The van der Waals surface area contributed by atoms with Crippen molar-refractivity contribution in [2.45, 2.75) is 26.7 Å². The number of aryl methyl sites for hydroxylation is 2. The summed E-state index contributed by atoms with van der Waals surface area (Å²) < 4.78 is 0. The fourth-order valence-corrected chi connectivity index (χ4v) is 2.11. The summed E-state index contributed by atoms with van der Waals surface area (Å²) in [4.78, 5) is 22.5. The number of benzene rings is 1. The van der Waals surface area contributed by atoms with Gasteiger partial charge in [0.2, 0.25) is 11.8 Å². The maximum Gasteiger partial charge on any atom is 0.230 e. The van der Waals surface area contributed by atoms with Gasteiger partial charge in [-0.1, -0.05) is 23.8 Å². The predicted octanol–water partition coefficient (Wildman–Crippen LogP) is 1.51. The maximum atomic E-state index is 11.4. The summed E-state index contributed by atoms with van der Waals surface area (Å²) in [6.45, 7) is 4.08. The third kappa shape index (κ3) is 2.13. The van der Waals surface area contributed by atoms with E-state index in [1.165, 1.54) is 11.1 Å². The number of imide groups is 1. The van der Waals surface area contributed by atoms with Crippen LogP contribution in [0.2, 0.25) is 0 Å². The average molecular weight is 217 g/mol. The Labute approximate surface area is 94.9 Å². The van der Waals surface area contributed by atoms with Crippen LogP contribution in [0, 0.1) is 19.8 Å². The van der Waals surface area contributed by atoms with Gasteiger partial charge in [-0.05, 0) is 31.4 Å². The third-order valence-electron chi connectivity index (χ3n) is 3.03. The molecule has 1 saturated heterocycles. The van der Waals surface area contributed by atoms with Gasteiger partial charge in [0.05, 0.1) is 5.92 Å². The molecule has 1 unspecified atom stereocenters. The molecular weight excluding hydrogens is 202 g/mol. The van der Waals surface area contributed by atoms with Crippen molar-refractivity contribution in [2.24, 2.45) is 5.92 Å². The van der Waals surface area contributed by atoms with Crippen LogP contribution in [-0.2, 0) is 16.0 Å². The highest BCUT2D eigenvalue weighted by Gasteiger charge is 2.30. The van der Waals surface area contributed by atoms with E-state index in [1.54, 1.807) is 0 Å². The van der Waals surface area contributed by atoms with Crippen LogP contribution in [0.25, 0.3) is 0 Å². The number of amides is 2. The lowest BCUT2D eigenvalue weighted by Crippen LogP contribution is -2.23. The van der Waals surface area contributed by atoms with Gasteiger partial charge in [-0.25, -0.2) is 0 Å². The number of rotatable bonds is 2. The summed E-state index contributed by atoms with van der Waals surface area (Å²) in [6.07, 6.45) is 0.982. The van der Waals surface area contributed by atoms with Gasteiger partial charge < -0.3 is 0 Å². The first-order valence-corrected chi connectivity index (χ1v) is 5.46. The second-order valence-electron chi connectivity index (χ2n) is 4.45. The summed E-state index contributed by atoms with van der Waals surface area (Å²) >= 11 is 0. The van der Waals surface area contributed by atoms with Crippen LogP contribution in [0.4, 0.5) is 0 Å². The fourth-order valence-electron chi connectivity index (χ4n) is 2.11. The molecule has 1 N–H and O–H groups in total. The molecule has 1 aliphatic rings. The molecule has 1 aromatic carbocycles. The fraction of sp³-hybridized carbons (Fsp3) is 0.385. The molecule has 84 valence electrons. The Kier molecular flexibility index (Phi) is 2.77. The molecule has 3 nitrogen and oxygen atoms in total. The van der Waals surface area contributed by atoms with Gasteiger partial charge in [0.1, 0.15) is 0 Å². The second kappa shape index (κ2) is 4.08. The van der Waals surface area contributed by atoms with E-state index in [0.29, 0.717) is 12.8 Å². The molecule has 1 aromatic rings. The SMILES string of the molecule is Cc1ccc(CC2CC(=O)NC2=O)c(C)c1. The molecule has 0 aromatic heterocycles. The smallest absolute Gasteiger partial charge is 0.230 e. The van der Waals surface area contributed by atoms with Crippen LogP contribution < -0.4 is 5.32 Å². The van der Waals surface area contributed by atoms with Crippen molar-refractivity contribution in [3.8, 4) is 0 Å². The lowest BCUT2D eigenvalue weighted by molar-refractivity contribution is -0.125. The zero-order chi connectivity index (χ0) is 11.7. The highest BCUT2D eigenvalue weighted by Crippen LogP contribution is 2.20. The van der Waals surface area contributed by atoms with Gasteiger partial charge in [0.15, 0.2) is 0 Å². The highest BCUT2D eigenvalue weighted by molar-refractivity contribution is 6.03. The molecule has 1 atom stereocenters. The molecule has 0 saturated carbocycles. The first-order valence-electron chi connectivity index (χ1n) is 5.46. The van der Waals surface area contributed by atoms with Gasteiger partial charge in [-0.2, -0.15) is 0 Å². The number of carbonyl (C=O) groups is 2. The van der Waals surface area contributed by atoms with Crippen molar-refractivity contribution in [3.63, 3.8) is 0 Å². The second-order valence-corrected chi connectivity index (χ2v) is 4.45. The molecule has 1 heterocycles. The van der Waals surface area contributed by atoms with E-state index in [4.69, 9.17) is 0 Å². The van der Waals surface area contributed by atoms with E-state index >= 15 is 0 Å². The van der Waals surface area contributed by atoms with Gasteiger partial charge in [-0.3, -0.25) is 14.9 Å². The molecule has 3 heteroatoms. The van der Waals surface area contributed by atoms with Crippen molar-refractivity contribution in [1.29, 1.82) is 0 Å². The van der Waals surface area contributed by atoms with Crippen molar-refractivity contribution < 1.29 is 9.59 Å². The Balaban J connectivity index is 2.15. The quantitative estimate of drug-likeness (QED) is 0.763. The first kappa shape index (κ1) is 10.9. The Bertz CT molecular complexity index is 451. The van der Waals surface area contributed by atoms with Gasteiger partial charge in [0.25, 0.3) is 0 Å². The molecule has 0 spiro atoms. The number of carbonyl (C=O) groups excluding carboxylic acids is 2. The van der Waals surface area contributed by atoms with Crippen molar-refractivity contribution in [1.82, 2.24) is 5.32 Å². The van der Waals surface area contributed by atoms with Crippen LogP contribution in [0.3, 0.4) is 0 Å². The van der Waals surface area contributed by atoms with Crippen LogP contribution >= 0.6 is 0 Å². The molecule has 2 amide bonds. The van der Waals surface area contributed by atoms with Crippen molar-refractivity contribution >= 4 is 11.8 Å². The number of hydrogen-bond donors (Lipinski definition) is 1. The molecule has 2 rings (SSSR count). The minimum absolute atomic E-state index is 0.134. The summed E-state index contributed by atoms with van der Waals surface area (Å²) in [7, 11) is 0. The van der Waals surface area contributed by atoms with Gasteiger partial charge >= 0.3 is 0 Å². The summed E-state index contributed by atoms with van der Waals surface area (Å²) in [5.41, 5.74) is 3.56. The normalized spacial score (nSPS) is 20.0. The molecule has 0 aliphatic carbocycles. The molecule has 1 aliphatic heterocycles. The van der Waals surface area contributed by atoms with Gasteiger partial charge in [0, 0.05) is 6.42 Å². The Morgan fingerprint density at radius 2 is 2.06 bits per heavy atom. The molecule has 0 bridgehead atoms. The van der Waals surface area contributed by atoms with Crippen molar-refractivity contribution in [3.05, 3.63) is 34.9 Å². The zero-order valence-electron chi connectivity index (χ0n) is 9.54. The van der Waals surface area contributed by atoms with E-state index in [2.05, 4.69) is 11.4 Å². The monoisotopic (exact) mass is 217 g/mol. The molecule has 1 fully saturated rings. The van der Waals surface area contributed by atoms with Crippen LogP contribution in [0.1, 0.15) is 23.1 Å². The third-order valence-corrected chi connectivity index (χ3v) is 3.03. The highest BCUT2D eigenvalue weighted by atomic mass is 16.2. The minimum atomic E-state index is -0.186. The van der Waals surface area contributed by atoms with E-state index in [9.17, 15) is 9.59 Å². The Morgan fingerprint density at radius 1 is 1.31 bits per heavy atom. The van der Waals surface area contributed by atoms with Crippen molar-refractivity contribution in [2.75, 3.05) is 0 Å². The van der Waals surface area contributed by atoms with Crippen LogP contribution in [0.5, 0.6) is 0 Å². The van der Waals surface area contributed by atoms with Gasteiger partial charge in [-0.15, -0.1) is 0 Å². The lowest BCUT2D eigenvalue weighted by Gasteiger charge is -2.09. The zero-order valence-corrected chi connectivity index (χ0v) is 9.54. The maximum absolute atomic E-state index is 11.4. The summed E-state index contributed by atoms with van der Waals surface area (Å²) in [5.74, 6) is -0.473. The summed E-state index contributed by atoms with van der Waals surface area (Å²) in [5, 5.41) is 2.34. The minimum Gasteiger partial charge on any atom is -0.296 e. The largest absolute Gasteiger partial charge is 0.296 e. The van der Waals surface area contributed by atoms with Crippen LogP contribution in [0.15, 0.2) is 18.2 Å². The standard InChI is InChI=1S/C13H15NO2/c1-8-3-4-10(9(2)5-8)6-11-7-12(15)14-13(11)16/h3-5,11H,6-7H2,1-2H3,(H,14,15,16). The van der Waals surface area contributed by atoms with E-state index in [-0.39, 0.29) is 17.7 Å². The van der Waals surface area contributed by atoms with E-state index in [1.807, 2.05) is 26.0 Å². The molecular formula is C13H15NO2. The van der Waals surface area contributed by atoms with Crippen LogP contribution in [-0.4, -0.2) is 11.8 Å². The first-order chi connectivity index (χ1) is 7.56. The average Bonchev–Trinajstić information content (AvgIpc) is 2.50.